The summed E-state index contributed by atoms with van der Waals surface area (Å²) in [6.45, 7) is 33.8. The normalized spacial score (nSPS) is 22.7. The van der Waals surface area contributed by atoms with Gasteiger partial charge in [-0.3, -0.25) is 4.90 Å². The fourth-order valence-corrected chi connectivity index (χ4v) is 13.6. The van der Waals surface area contributed by atoms with Crippen LogP contribution in [0.3, 0.4) is 0 Å². The second-order valence-corrected chi connectivity index (χ2v) is 24.8. The van der Waals surface area contributed by atoms with Crippen LogP contribution in [0.25, 0.3) is 22.3 Å². The third-order valence-electron chi connectivity index (χ3n) is 17.2. The maximum absolute atomic E-state index is 7.71. The number of furan rings is 1. The molecule has 4 heteroatoms. The smallest absolute Gasteiger partial charge is 0.256 e. The van der Waals surface area contributed by atoms with Gasteiger partial charge in [-0.05, 0) is 170 Å². The number of anilines is 6. The number of nitrogens with zero attached hydrogens (tertiary/aromatic N) is 2. The molecule has 0 amide bonds. The zero-order valence-corrected chi connectivity index (χ0v) is 40.4. The van der Waals surface area contributed by atoms with Gasteiger partial charge in [0.25, 0.3) is 6.71 Å². The predicted octanol–water partition coefficient (Wildman–Crippen LogP) is 14.3. The molecule has 2 bridgehead atoms. The first-order valence-electron chi connectivity index (χ1n) is 24.0. The molecule has 0 spiro atoms. The molecule has 12 rings (SSSR count). The number of hydrogen-bond donors (Lipinski definition) is 0. The largest absolute Gasteiger partial charge is 0.444 e. The Balaban J connectivity index is 1.30. The SMILES string of the molecule is Cc1ccc2c(c1)-c1c(C)cc3c4c1N(c1cc5c6cc1B4c1c(oc4c1C(C)(CCC4(C)C)CC6(C)CCC5(C)C)N3c1ccc(C(C)(C)C)cc1)c1ccc(C(C)(C)C)cc1-2. The molecular weight excluding hydrogens is 763 g/mol. The third kappa shape index (κ3) is 5.16. The van der Waals surface area contributed by atoms with Crippen molar-refractivity contribution in [1.82, 2.24) is 0 Å². The van der Waals surface area contributed by atoms with Crippen molar-refractivity contribution < 1.29 is 4.42 Å². The zero-order chi connectivity index (χ0) is 44.3. The van der Waals surface area contributed by atoms with E-state index in [4.69, 9.17) is 4.42 Å². The molecular formula is C59H65BN2O. The summed E-state index contributed by atoms with van der Waals surface area (Å²) in [5.41, 5.74) is 25.9. The monoisotopic (exact) mass is 829 g/mol. The molecule has 0 saturated carbocycles. The van der Waals surface area contributed by atoms with Gasteiger partial charge in [-0.2, -0.15) is 0 Å². The summed E-state index contributed by atoms with van der Waals surface area (Å²) in [6.07, 6.45) is 5.76. The highest BCUT2D eigenvalue weighted by molar-refractivity contribution is 7.00. The molecule has 0 fully saturated rings. The van der Waals surface area contributed by atoms with Gasteiger partial charge in [-0.25, -0.2) is 0 Å². The van der Waals surface area contributed by atoms with Gasteiger partial charge in [0.05, 0.1) is 11.4 Å². The summed E-state index contributed by atoms with van der Waals surface area (Å²) < 4.78 is 7.71. The highest BCUT2D eigenvalue weighted by Crippen LogP contribution is 2.62. The van der Waals surface area contributed by atoms with Crippen molar-refractivity contribution >= 4 is 57.4 Å². The van der Waals surface area contributed by atoms with Crippen LogP contribution in [-0.4, -0.2) is 6.71 Å². The van der Waals surface area contributed by atoms with Crippen LogP contribution in [0.5, 0.6) is 0 Å². The van der Waals surface area contributed by atoms with Gasteiger partial charge in [0, 0.05) is 33.6 Å². The van der Waals surface area contributed by atoms with Gasteiger partial charge >= 0.3 is 0 Å². The van der Waals surface area contributed by atoms with E-state index in [1.807, 2.05) is 0 Å². The molecule has 2 unspecified atom stereocenters. The Morgan fingerprint density at radius 3 is 1.97 bits per heavy atom. The Morgan fingerprint density at radius 2 is 1.25 bits per heavy atom. The lowest BCUT2D eigenvalue weighted by atomic mass is 9.32. The van der Waals surface area contributed by atoms with E-state index in [9.17, 15) is 0 Å². The standard InChI is InChI=1S/C59H65BN2O/c1-33-15-21-38-39-29-36(55(6,7)8)18-22-44(39)62-45-31-41-42-30-43(45)60-49-46(28-34(2)47(51(49)62)40(38)27-33)61(37-19-16-35(17-20-37)54(3,4)5)53-50(60)48-52(63-53)57(11,12)24-26-59(48,14)32-58(42,13)25-23-56(41,9)10/h15-22,27-31H,23-26,32H2,1-14H3. The van der Waals surface area contributed by atoms with Crippen molar-refractivity contribution in [2.24, 2.45) is 0 Å². The van der Waals surface area contributed by atoms with Crippen LogP contribution in [0.2, 0.25) is 0 Å². The molecule has 4 aliphatic heterocycles. The molecule has 6 aliphatic rings. The van der Waals surface area contributed by atoms with Crippen LogP contribution in [0.1, 0.15) is 160 Å². The van der Waals surface area contributed by atoms with Crippen molar-refractivity contribution in [3.63, 3.8) is 0 Å². The topological polar surface area (TPSA) is 19.6 Å². The Labute approximate surface area is 377 Å². The van der Waals surface area contributed by atoms with Gasteiger partial charge < -0.3 is 9.32 Å². The molecule has 2 aliphatic carbocycles. The minimum absolute atomic E-state index is 0.00206. The van der Waals surface area contributed by atoms with Crippen LogP contribution in [0.4, 0.5) is 34.3 Å². The maximum atomic E-state index is 7.71. The average molecular weight is 829 g/mol. The minimum Gasteiger partial charge on any atom is -0.444 e. The first-order valence-corrected chi connectivity index (χ1v) is 24.0. The molecule has 0 N–H and O–H groups in total. The van der Waals surface area contributed by atoms with E-state index in [0.717, 1.165) is 30.8 Å². The van der Waals surface area contributed by atoms with Crippen molar-refractivity contribution in [3.8, 4) is 22.3 Å². The lowest BCUT2D eigenvalue weighted by Gasteiger charge is -2.50. The second kappa shape index (κ2) is 12.0. The number of hydrogen-bond acceptors (Lipinski definition) is 3. The number of benzene rings is 5. The summed E-state index contributed by atoms with van der Waals surface area (Å²) in [6, 6.07) is 32.1. The van der Waals surface area contributed by atoms with Gasteiger partial charge in [-0.1, -0.05) is 131 Å². The van der Waals surface area contributed by atoms with E-state index in [0.29, 0.717) is 0 Å². The summed E-state index contributed by atoms with van der Waals surface area (Å²) in [7, 11) is 0. The molecule has 5 aromatic carbocycles. The molecule has 0 saturated heterocycles. The Morgan fingerprint density at radius 1 is 0.571 bits per heavy atom. The highest BCUT2D eigenvalue weighted by atomic mass is 16.4. The van der Waals surface area contributed by atoms with Crippen molar-refractivity contribution in [2.45, 2.75) is 162 Å². The fourth-order valence-electron chi connectivity index (χ4n) is 13.6. The molecule has 3 nitrogen and oxygen atoms in total. The molecule has 2 atom stereocenters. The highest BCUT2D eigenvalue weighted by Gasteiger charge is 2.58. The predicted molar refractivity (Wildman–Crippen MR) is 268 cm³/mol. The number of rotatable bonds is 1. The molecule has 1 aromatic heterocycles. The summed E-state index contributed by atoms with van der Waals surface area (Å²) in [5, 5.41) is 0. The van der Waals surface area contributed by atoms with Gasteiger partial charge in [-0.15, -0.1) is 0 Å². The second-order valence-electron chi connectivity index (χ2n) is 24.8. The van der Waals surface area contributed by atoms with E-state index in [-0.39, 0.29) is 39.2 Å². The first kappa shape index (κ1) is 39.6. The quantitative estimate of drug-likeness (QED) is 0.154. The first-order chi connectivity index (χ1) is 29.5. The van der Waals surface area contributed by atoms with Gasteiger partial charge in [0.15, 0.2) is 5.88 Å². The molecule has 320 valence electrons. The van der Waals surface area contributed by atoms with Gasteiger partial charge in [0.1, 0.15) is 5.76 Å². The lowest BCUT2D eigenvalue weighted by molar-refractivity contribution is 0.197. The molecule has 0 radical (unpaired) electrons. The number of aryl methyl sites for hydroxylation is 2. The molecule has 63 heavy (non-hydrogen) atoms. The van der Waals surface area contributed by atoms with Crippen molar-refractivity contribution in [3.05, 3.63) is 124 Å². The van der Waals surface area contributed by atoms with E-state index in [2.05, 4.69) is 186 Å². The Bertz CT molecular complexity index is 3020. The fraction of sp³-hybridized carbons (Fsp3) is 0.424. The van der Waals surface area contributed by atoms with Crippen LogP contribution < -0.4 is 26.2 Å². The third-order valence-corrected chi connectivity index (χ3v) is 17.2. The molecule has 6 aromatic rings. The van der Waals surface area contributed by atoms with E-state index < -0.39 is 0 Å². The van der Waals surface area contributed by atoms with E-state index in [1.165, 1.54) is 108 Å². The molecule has 5 heterocycles. The Hall–Kier alpha value is -4.96. The van der Waals surface area contributed by atoms with Crippen molar-refractivity contribution in [1.29, 1.82) is 0 Å². The van der Waals surface area contributed by atoms with Crippen molar-refractivity contribution in [2.75, 3.05) is 9.80 Å². The van der Waals surface area contributed by atoms with Crippen LogP contribution in [-0.2, 0) is 32.5 Å². The number of fused-ring (bicyclic) bond motifs is 6. The van der Waals surface area contributed by atoms with Crippen LogP contribution in [0, 0.1) is 13.8 Å². The summed E-state index contributed by atoms with van der Waals surface area (Å²) >= 11 is 0. The van der Waals surface area contributed by atoms with Gasteiger partial charge in [0.2, 0.25) is 0 Å². The summed E-state index contributed by atoms with van der Waals surface area (Å²) in [5.74, 6) is 2.25. The van der Waals surface area contributed by atoms with Crippen LogP contribution in [0.15, 0.2) is 83.3 Å². The minimum atomic E-state index is -0.0934. The van der Waals surface area contributed by atoms with E-state index in [1.54, 1.807) is 11.1 Å². The summed E-state index contributed by atoms with van der Waals surface area (Å²) in [4.78, 5) is 5.31. The van der Waals surface area contributed by atoms with E-state index >= 15 is 0 Å². The average Bonchev–Trinajstić information content (AvgIpc) is 3.58. The Kier molecular flexibility index (Phi) is 7.57. The van der Waals surface area contributed by atoms with Crippen LogP contribution >= 0.6 is 0 Å². The maximum Gasteiger partial charge on any atom is 0.256 e. The zero-order valence-electron chi connectivity index (χ0n) is 40.4. The lowest BCUT2D eigenvalue weighted by Crippen LogP contribution is -2.63.